The van der Waals surface area contributed by atoms with Crippen molar-refractivity contribution in [3.8, 4) is 0 Å². The molecule has 0 aliphatic heterocycles. The summed E-state index contributed by atoms with van der Waals surface area (Å²) in [6, 6.07) is 9.79. The first-order valence-corrected chi connectivity index (χ1v) is 7.32. The highest BCUT2D eigenvalue weighted by molar-refractivity contribution is 9.10. The largest absolute Gasteiger partial charge is 0.330 e. The quantitative estimate of drug-likeness (QED) is 0.891. The molecule has 0 aliphatic carbocycles. The van der Waals surface area contributed by atoms with Crippen LogP contribution in [0.1, 0.15) is 5.56 Å². The fourth-order valence-corrected chi connectivity index (χ4v) is 3.20. The molecule has 2 aromatic rings. The first-order chi connectivity index (χ1) is 9.10. The average Bonchev–Trinajstić information content (AvgIpc) is 2.37. The highest BCUT2D eigenvalue weighted by atomic mass is 79.9. The molecule has 2 aromatic carbocycles. The molecule has 0 saturated carbocycles. The van der Waals surface area contributed by atoms with Gasteiger partial charge in [0.2, 0.25) is 0 Å². The molecule has 1 nitrogen and oxygen atoms in total. The SMILES string of the molecule is NCCc1ccc(Br)cc1Sc1ccc(F)c(F)c1. The van der Waals surface area contributed by atoms with E-state index in [0.717, 1.165) is 27.4 Å². The lowest BCUT2D eigenvalue weighted by Gasteiger charge is -2.09. The van der Waals surface area contributed by atoms with Crippen LogP contribution in [0.5, 0.6) is 0 Å². The van der Waals surface area contributed by atoms with E-state index in [2.05, 4.69) is 15.9 Å². The second kappa shape index (κ2) is 6.50. The Labute approximate surface area is 123 Å². The first kappa shape index (κ1) is 14.5. The molecule has 0 fully saturated rings. The van der Waals surface area contributed by atoms with Gasteiger partial charge in [0, 0.05) is 14.3 Å². The van der Waals surface area contributed by atoms with E-state index in [1.807, 2.05) is 18.2 Å². The van der Waals surface area contributed by atoms with E-state index < -0.39 is 11.6 Å². The minimum absolute atomic E-state index is 0.549. The van der Waals surface area contributed by atoms with E-state index in [1.165, 1.54) is 17.8 Å². The molecule has 0 aliphatic rings. The Morgan fingerprint density at radius 2 is 1.84 bits per heavy atom. The van der Waals surface area contributed by atoms with Gasteiger partial charge in [-0.25, -0.2) is 8.78 Å². The number of hydrogen-bond donors (Lipinski definition) is 1. The van der Waals surface area contributed by atoms with Crippen molar-refractivity contribution in [1.29, 1.82) is 0 Å². The summed E-state index contributed by atoms with van der Waals surface area (Å²) >= 11 is 4.81. The summed E-state index contributed by atoms with van der Waals surface area (Å²) in [5, 5.41) is 0. The van der Waals surface area contributed by atoms with E-state index in [9.17, 15) is 8.78 Å². The van der Waals surface area contributed by atoms with Crippen LogP contribution >= 0.6 is 27.7 Å². The topological polar surface area (TPSA) is 26.0 Å². The highest BCUT2D eigenvalue weighted by Crippen LogP contribution is 2.33. The molecule has 19 heavy (non-hydrogen) atoms. The van der Waals surface area contributed by atoms with Gasteiger partial charge in [0.1, 0.15) is 0 Å². The molecule has 2 rings (SSSR count). The number of hydrogen-bond acceptors (Lipinski definition) is 2. The summed E-state index contributed by atoms with van der Waals surface area (Å²) in [4.78, 5) is 1.65. The summed E-state index contributed by atoms with van der Waals surface area (Å²) in [6.45, 7) is 0.549. The number of nitrogens with two attached hydrogens (primary N) is 1. The number of rotatable bonds is 4. The van der Waals surface area contributed by atoms with Crippen LogP contribution < -0.4 is 5.73 Å². The standard InChI is InChI=1S/C14H12BrF2NS/c15-10-2-1-9(5-6-18)14(7-10)19-11-3-4-12(16)13(17)8-11/h1-4,7-8H,5-6,18H2. The van der Waals surface area contributed by atoms with Crippen LogP contribution in [0.15, 0.2) is 50.7 Å². The Morgan fingerprint density at radius 1 is 1.05 bits per heavy atom. The van der Waals surface area contributed by atoms with Gasteiger partial charge >= 0.3 is 0 Å². The molecule has 0 aromatic heterocycles. The minimum atomic E-state index is -0.833. The molecule has 0 unspecified atom stereocenters. The van der Waals surface area contributed by atoms with Crippen molar-refractivity contribution < 1.29 is 8.78 Å². The fourth-order valence-electron chi connectivity index (χ4n) is 1.65. The van der Waals surface area contributed by atoms with E-state index in [0.29, 0.717) is 11.4 Å². The third kappa shape index (κ3) is 3.78. The zero-order valence-corrected chi connectivity index (χ0v) is 12.4. The third-order valence-corrected chi connectivity index (χ3v) is 4.14. The van der Waals surface area contributed by atoms with Crippen LogP contribution in [0.2, 0.25) is 0 Å². The maximum absolute atomic E-state index is 13.2. The molecular weight excluding hydrogens is 332 g/mol. The highest BCUT2D eigenvalue weighted by Gasteiger charge is 2.08. The van der Waals surface area contributed by atoms with Gasteiger partial charge in [-0.2, -0.15) is 0 Å². The van der Waals surface area contributed by atoms with Crippen molar-refractivity contribution in [1.82, 2.24) is 0 Å². The van der Waals surface area contributed by atoms with Crippen molar-refractivity contribution >= 4 is 27.7 Å². The van der Waals surface area contributed by atoms with E-state index in [4.69, 9.17) is 5.73 Å². The monoisotopic (exact) mass is 343 g/mol. The molecule has 0 radical (unpaired) electrons. The molecule has 0 heterocycles. The number of halogens is 3. The summed E-state index contributed by atoms with van der Waals surface area (Å²) in [5.41, 5.74) is 6.67. The van der Waals surface area contributed by atoms with Crippen LogP contribution in [-0.4, -0.2) is 6.54 Å². The van der Waals surface area contributed by atoms with Crippen LogP contribution in [0, 0.1) is 11.6 Å². The van der Waals surface area contributed by atoms with E-state index in [-0.39, 0.29) is 0 Å². The maximum atomic E-state index is 13.2. The van der Waals surface area contributed by atoms with Gasteiger partial charge in [-0.1, -0.05) is 33.8 Å². The zero-order valence-electron chi connectivity index (χ0n) is 10.00. The lowest BCUT2D eigenvalue weighted by atomic mass is 10.1. The van der Waals surface area contributed by atoms with Crippen LogP contribution in [0.4, 0.5) is 8.78 Å². The van der Waals surface area contributed by atoms with Gasteiger partial charge in [0.25, 0.3) is 0 Å². The maximum Gasteiger partial charge on any atom is 0.159 e. The Bertz CT molecular complexity index is 590. The molecule has 2 N–H and O–H groups in total. The molecule has 5 heteroatoms. The van der Waals surface area contributed by atoms with Crippen molar-refractivity contribution in [3.63, 3.8) is 0 Å². The van der Waals surface area contributed by atoms with Crippen LogP contribution in [0.25, 0.3) is 0 Å². The molecule has 0 saturated heterocycles. The molecule has 0 bridgehead atoms. The zero-order chi connectivity index (χ0) is 13.8. The van der Waals surface area contributed by atoms with Gasteiger partial charge in [-0.05, 0) is 48.9 Å². The molecular formula is C14H12BrF2NS. The Morgan fingerprint density at radius 3 is 2.53 bits per heavy atom. The second-order valence-electron chi connectivity index (χ2n) is 3.97. The first-order valence-electron chi connectivity index (χ1n) is 5.71. The third-order valence-electron chi connectivity index (χ3n) is 2.56. The molecule has 0 amide bonds. The lowest BCUT2D eigenvalue weighted by Crippen LogP contribution is -2.03. The predicted molar refractivity (Wildman–Crippen MR) is 77.4 cm³/mol. The number of benzene rings is 2. The summed E-state index contributed by atoms with van der Waals surface area (Å²) < 4.78 is 27.0. The fraction of sp³-hybridized carbons (Fsp3) is 0.143. The summed E-state index contributed by atoms with van der Waals surface area (Å²) in [5.74, 6) is -1.67. The van der Waals surface area contributed by atoms with Gasteiger partial charge in [-0.3, -0.25) is 0 Å². The average molecular weight is 344 g/mol. The normalized spacial score (nSPS) is 10.7. The summed E-state index contributed by atoms with van der Waals surface area (Å²) in [6.07, 6.45) is 0.749. The van der Waals surface area contributed by atoms with Crippen molar-refractivity contribution in [2.75, 3.05) is 6.54 Å². The Kier molecular flexibility index (Phi) is 4.96. The van der Waals surface area contributed by atoms with Gasteiger partial charge in [-0.15, -0.1) is 0 Å². The molecule has 100 valence electrons. The van der Waals surface area contributed by atoms with Crippen LogP contribution in [0.3, 0.4) is 0 Å². The van der Waals surface area contributed by atoms with Crippen LogP contribution in [-0.2, 0) is 6.42 Å². The van der Waals surface area contributed by atoms with Gasteiger partial charge in [0.15, 0.2) is 11.6 Å². The molecule has 0 spiro atoms. The van der Waals surface area contributed by atoms with E-state index >= 15 is 0 Å². The van der Waals surface area contributed by atoms with E-state index in [1.54, 1.807) is 6.07 Å². The van der Waals surface area contributed by atoms with Gasteiger partial charge in [0.05, 0.1) is 0 Å². The molecule has 0 atom stereocenters. The smallest absolute Gasteiger partial charge is 0.159 e. The predicted octanol–water partition coefficient (Wildman–Crippen LogP) is 4.38. The Balaban J connectivity index is 2.30. The van der Waals surface area contributed by atoms with Crippen molar-refractivity contribution in [3.05, 3.63) is 58.1 Å². The second-order valence-corrected chi connectivity index (χ2v) is 6.00. The minimum Gasteiger partial charge on any atom is -0.330 e. The lowest BCUT2D eigenvalue weighted by molar-refractivity contribution is 0.506. The summed E-state index contributed by atoms with van der Waals surface area (Å²) in [7, 11) is 0. The Hall–Kier alpha value is -0.910. The van der Waals surface area contributed by atoms with Crippen molar-refractivity contribution in [2.24, 2.45) is 5.73 Å². The van der Waals surface area contributed by atoms with Gasteiger partial charge < -0.3 is 5.73 Å². The van der Waals surface area contributed by atoms with Crippen molar-refractivity contribution in [2.45, 2.75) is 16.2 Å².